The van der Waals surface area contributed by atoms with Gasteiger partial charge >= 0.3 is 0 Å². The van der Waals surface area contributed by atoms with Crippen LogP contribution in [0.1, 0.15) is 28.8 Å². The Morgan fingerprint density at radius 3 is 2.33 bits per heavy atom. The van der Waals surface area contributed by atoms with Gasteiger partial charge in [-0.15, -0.1) is 0 Å². The number of nitrogens with zero attached hydrogens (tertiary/aromatic N) is 1. The number of benzene rings is 2. The molecule has 0 aliphatic rings. The van der Waals surface area contributed by atoms with Crippen LogP contribution in [-0.2, 0) is 16.1 Å². The van der Waals surface area contributed by atoms with Crippen molar-refractivity contribution in [2.75, 3.05) is 26.0 Å². The highest BCUT2D eigenvalue weighted by Crippen LogP contribution is 2.11. The number of amides is 2. The maximum atomic E-state index is 12.0. The van der Waals surface area contributed by atoms with Crippen molar-refractivity contribution >= 4 is 23.3 Å². The summed E-state index contributed by atoms with van der Waals surface area (Å²) in [5, 5.41) is 5.63. The van der Waals surface area contributed by atoms with Crippen molar-refractivity contribution in [2.24, 2.45) is 0 Å². The van der Waals surface area contributed by atoms with Gasteiger partial charge in [0.05, 0.1) is 6.54 Å². The fraction of sp³-hybridized carbons (Fsp3) is 0.286. The Balaban J connectivity index is 1.78. The van der Waals surface area contributed by atoms with E-state index in [1.54, 1.807) is 35.2 Å². The van der Waals surface area contributed by atoms with E-state index in [1.165, 1.54) is 0 Å². The predicted octanol–water partition coefficient (Wildman–Crippen LogP) is 2.47. The van der Waals surface area contributed by atoms with E-state index in [1.807, 2.05) is 38.4 Å². The largest absolute Gasteiger partial charge is 0.352 e. The first-order valence-electron chi connectivity index (χ1n) is 8.82. The number of carbonyl (C=O) groups is 3. The molecule has 2 rings (SSSR count). The van der Waals surface area contributed by atoms with Crippen LogP contribution in [0, 0.1) is 0 Å². The summed E-state index contributed by atoms with van der Waals surface area (Å²) < 4.78 is 0. The van der Waals surface area contributed by atoms with Crippen LogP contribution in [0.25, 0.3) is 0 Å². The lowest BCUT2D eigenvalue weighted by molar-refractivity contribution is -0.121. The van der Waals surface area contributed by atoms with Crippen LogP contribution in [0.2, 0.25) is 0 Å². The highest BCUT2D eigenvalue weighted by Gasteiger charge is 2.09. The van der Waals surface area contributed by atoms with E-state index in [0.29, 0.717) is 24.3 Å². The molecule has 0 saturated heterocycles. The first-order valence-corrected chi connectivity index (χ1v) is 8.82. The number of nitrogens with one attached hydrogen (secondary N) is 2. The second-order valence-corrected chi connectivity index (χ2v) is 6.55. The molecule has 2 N–H and O–H groups in total. The standard InChI is InChI=1S/C21H25N3O3/c1-24(2)15-21(27)23-18-10-6-7-16(13-18)14-22-20(26)12-11-19(25)17-8-4-3-5-9-17/h3-10,13H,11-12,14-15H2,1-2H3,(H,22,26)(H,23,27). The number of likely N-dealkylation sites (N-methyl/N-ethyl adjacent to an activating group) is 1. The Kier molecular flexibility index (Phi) is 7.70. The number of anilines is 1. The first-order chi connectivity index (χ1) is 12.9. The van der Waals surface area contributed by atoms with Crippen LogP contribution in [-0.4, -0.2) is 43.1 Å². The number of rotatable bonds is 9. The lowest BCUT2D eigenvalue weighted by Crippen LogP contribution is -2.27. The van der Waals surface area contributed by atoms with Gasteiger partial charge in [-0.1, -0.05) is 42.5 Å². The Hall–Kier alpha value is -2.99. The van der Waals surface area contributed by atoms with E-state index in [0.717, 1.165) is 5.56 Å². The first kappa shape index (κ1) is 20.3. The molecule has 0 aliphatic heterocycles. The number of carbonyl (C=O) groups excluding carboxylic acids is 3. The summed E-state index contributed by atoms with van der Waals surface area (Å²) in [5.41, 5.74) is 2.18. The van der Waals surface area contributed by atoms with Crippen molar-refractivity contribution in [3.63, 3.8) is 0 Å². The average molecular weight is 367 g/mol. The Morgan fingerprint density at radius 2 is 1.63 bits per heavy atom. The van der Waals surface area contributed by atoms with E-state index in [9.17, 15) is 14.4 Å². The third-order valence-electron chi connectivity index (χ3n) is 3.84. The van der Waals surface area contributed by atoms with Gasteiger partial charge in [-0.05, 0) is 31.8 Å². The van der Waals surface area contributed by atoms with E-state index in [4.69, 9.17) is 0 Å². The van der Waals surface area contributed by atoms with Crippen molar-refractivity contribution in [1.82, 2.24) is 10.2 Å². The minimum Gasteiger partial charge on any atom is -0.352 e. The molecule has 0 aromatic heterocycles. The summed E-state index contributed by atoms with van der Waals surface area (Å²) in [4.78, 5) is 37.6. The molecule has 0 atom stereocenters. The number of hydrogen-bond acceptors (Lipinski definition) is 4. The molecular formula is C21H25N3O3. The van der Waals surface area contributed by atoms with Gasteiger partial charge in [-0.2, -0.15) is 0 Å². The number of ketones is 1. The molecule has 2 aromatic rings. The molecule has 0 aliphatic carbocycles. The van der Waals surface area contributed by atoms with Crippen LogP contribution >= 0.6 is 0 Å². The summed E-state index contributed by atoms with van der Waals surface area (Å²) >= 11 is 0. The predicted molar refractivity (Wildman–Crippen MR) is 105 cm³/mol. The van der Waals surface area contributed by atoms with Gasteiger partial charge in [-0.25, -0.2) is 0 Å². The smallest absolute Gasteiger partial charge is 0.238 e. The number of hydrogen-bond donors (Lipinski definition) is 2. The van der Waals surface area contributed by atoms with Gasteiger partial charge < -0.3 is 15.5 Å². The summed E-state index contributed by atoms with van der Waals surface area (Å²) in [7, 11) is 3.65. The molecule has 0 heterocycles. The summed E-state index contributed by atoms with van der Waals surface area (Å²) in [6, 6.07) is 16.3. The maximum Gasteiger partial charge on any atom is 0.238 e. The molecule has 0 radical (unpaired) electrons. The summed E-state index contributed by atoms with van der Waals surface area (Å²) in [6.07, 6.45) is 0.323. The molecule has 0 bridgehead atoms. The van der Waals surface area contributed by atoms with Gasteiger partial charge in [0.15, 0.2) is 5.78 Å². The van der Waals surface area contributed by atoms with Crippen molar-refractivity contribution in [2.45, 2.75) is 19.4 Å². The normalized spacial score (nSPS) is 10.5. The molecule has 0 saturated carbocycles. The average Bonchev–Trinajstić information content (AvgIpc) is 2.64. The SMILES string of the molecule is CN(C)CC(=O)Nc1cccc(CNC(=O)CCC(=O)c2ccccc2)c1. The third kappa shape index (κ3) is 7.42. The summed E-state index contributed by atoms with van der Waals surface area (Å²) in [6.45, 7) is 0.645. The van der Waals surface area contributed by atoms with Crippen LogP contribution < -0.4 is 10.6 Å². The Bertz CT molecular complexity index is 788. The van der Waals surface area contributed by atoms with Gasteiger partial charge in [0, 0.05) is 30.6 Å². The zero-order valence-corrected chi connectivity index (χ0v) is 15.7. The van der Waals surface area contributed by atoms with Crippen molar-refractivity contribution in [1.29, 1.82) is 0 Å². The lowest BCUT2D eigenvalue weighted by Gasteiger charge is -2.11. The van der Waals surface area contributed by atoms with Gasteiger partial charge in [-0.3, -0.25) is 14.4 Å². The minimum absolute atomic E-state index is 0.0450. The van der Waals surface area contributed by atoms with Gasteiger partial charge in [0.2, 0.25) is 11.8 Å². The zero-order valence-electron chi connectivity index (χ0n) is 15.7. The molecule has 6 heteroatoms. The highest BCUT2D eigenvalue weighted by molar-refractivity contribution is 5.97. The van der Waals surface area contributed by atoms with Crippen molar-refractivity contribution in [3.05, 3.63) is 65.7 Å². The van der Waals surface area contributed by atoms with Crippen LogP contribution in [0.5, 0.6) is 0 Å². The van der Waals surface area contributed by atoms with Crippen molar-refractivity contribution in [3.8, 4) is 0 Å². The molecule has 0 spiro atoms. The van der Waals surface area contributed by atoms with Crippen molar-refractivity contribution < 1.29 is 14.4 Å². The van der Waals surface area contributed by atoms with E-state index in [2.05, 4.69) is 10.6 Å². The quantitative estimate of drug-likeness (QED) is 0.668. The Morgan fingerprint density at radius 1 is 0.889 bits per heavy atom. The molecule has 2 amide bonds. The van der Waals surface area contributed by atoms with Crippen LogP contribution in [0.15, 0.2) is 54.6 Å². The second-order valence-electron chi connectivity index (χ2n) is 6.55. The van der Waals surface area contributed by atoms with E-state index in [-0.39, 0.29) is 30.4 Å². The second kappa shape index (κ2) is 10.2. The minimum atomic E-state index is -0.179. The topological polar surface area (TPSA) is 78.5 Å². The number of Topliss-reactive ketones (excluding diaryl/α,β-unsaturated/α-hetero) is 1. The monoisotopic (exact) mass is 367 g/mol. The zero-order chi connectivity index (χ0) is 19.6. The third-order valence-corrected chi connectivity index (χ3v) is 3.84. The van der Waals surface area contributed by atoms with Gasteiger partial charge in [0.25, 0.3) is 0 Å². The lowest BCUT2D eigenvalue weighted by atomic mass is 10.1. The van der Waals surface area contributed by atoms with E-state index < -0.39 is 0 Å². The van der Waals surface area contributed by atoms with Gasteiger partial charge in [0.1, 0.15) is 0 Å². The molecular weight excluding hydrogens is 342 g/mol. The molecule has 6 nitrogen and oxygen atoms in total. The fourth-order valence-corrected chi connectivity index (χ4v) is 2.53. The highest BCUT2D eigenvalue weighted by atomic mass is 16.2. The summed E-state index contributed by atoms with van der Waals surface area (Å²) in [5.74, 6) is -0.321. The molecule has 0 unspecified atom stereocenters. The maximum absolute atomic E-state index is 12.0. The van der Waals surface area contributed by atoms with Crippen LogP contribution in [0.3, 0.4) is 0 Å². The van der Waals surface area contributed by atoms with Crippen LogP contribution in [0.4, 0.5) is 5.69 Å². The molecule has 0 fully saturated rings. The van der Waals surface area contributed by atoms with E-state index >= 15 is 0 Å². The Labute approximate surface area is 159 Å². The molecule has 142 valence electrons. The molecule has 27 heavy (non-hydrogen) atoms. The fourth-order valence-electron chi connectivity index (χ4n) is 2.53. The molecule has 2 aromatic carbocycles.